The molecular weight excluding hydrogens is 295 g/mol. The Morgan fingerprint density at radius 3 is 2.55 bits per heavy atom. The largest absolute Gasteiger partial charge is 0.475 e. The van der Waals surface area contributed by atoms with Gasteiger partial charge in [0, 0.05) is 0 Å². The second-order valence-corrected chi connectivity index (χ2v) is 6.01. The molecule has 120 valence electrons. The fourth-order valence-electron chi connectivity index (χ4n) is 3.32. The van der Waals surface area contributed by atoms with Gasteiger partial charge in [-0.05, 0) is 49.8 Å². The van der Waals surface area contributed by atoms with Crippen molar-refractivity contribution in [2.75, 3.05) is 5.32 Å². The number of halogens is 3. The quantitative estimate of drug-likeness (QED) is 0.884. The molecule has 1 aromatic rings. The van der Waals surface area contributed by atoms with Crippen molar-refractivity contribution in [2.45, 2.75) is 57.2 Å². The second-order valence-electron chi connectivity index (χ2n) is 6.01. The van der Waals surface area contributed by atoms with Gasteiger partial charge in [-0.25, -0.2) is 0 Å². The molecule has 0 radical (unpaired) electrons. The highest BCUT2D eigenvalue weighted by Gasteiger charge is 2.47. The predicted octanol–water partition coefficient (Wildman–Crippen LogP) is 4.30. The molecule has 1 aromatic carbocycles. The van der Waals surface area contributed by atoms with Crippen LogP contribution in [0.4, 0.5) is 18.9 Å². The van der Waals surface area contributed by atoms with Crippen LogP contribution in [0.3, 0.4) is 0 Å². The van der Waals surface area contributed by atoms with Crippen LogP contribution in [0.2, 0.25) is 0 Å². The number of anilines is 1. The second kappa shape index (κ2) is 5.18. The fourth-order valence-corrected chi connectivity index (χ4v) is 3.32. The Morgan fingerprint density at radius 2 is 1.95 bits per heavy atom. The van der Waals surface area contributed by atoms with E-state index < -0.39 is 17.3 Å². The Hall–Kier alpha value is -1.72. The molecule has 1 aliphatic carbocycles. The van der Waals surface area contributed by atoms with Crippen molar-refractivity contribution in [3.63, 3.8) is 0 Å². The molecule has 0 bridgehead atoms. The normalized spacial score (nSPS) is 19.7. The summed E-state index contributed by atoms with van der Waals surface area (Å²) in [7, 11) is 0. The molecule has 1 aliphatic heterocycles. The van der Waals surface area contributed by atoms with E-state index in [4.69, 9.17) is 4.74 Å². The zero-order valence-electron chi connectivity index (χ0n) is 12.3. The van der Waals surface area contributed by atoms with Crippen molar-refractivity contribution < 1.29 is 22.7 Å². The summed E-state index contributed by atoms with van der Waals surface area (Å²) in [6.07, 6.45) is -0.713. The van der Waals surface area contributed by atoms with E-state index >= 15 is 0 Å². The molecule has 1 amide bonds. The van der Waals surface area contributed by atoms with Crippen LogP contribution >= 0.6 is 0 Å². The summed E-state index contributed by atoms with van der Waals surface area (Å²) in [5, 5.41) is 2.74. The molecule has 3 rings (SSSR count). The van der Waals surface area contributed by atoms with Crippen molar-refractivity contribution in [1.82, 2.24) is 0 Å². The molecular formula is C16H18F3NO2. The smallest absolute Gasteiger partial charge is 0.416 e. The number of hydrogen-bond donors (Lipinski definition) is 1. The summed E-state index contributed by atoms with van der Waals surface area (Å²) >= 11 is 0. The zero-order valence-corrected chi connectivity index (χ0v) is 12.3. The van der Waals surface area contributed by atoms with Crippen molar-refractivity contribution in [1.29, 1.82) is 0 Å². The Balaban J connectivity index is 2.05. The molecule has 2 aliphatic rings. The molecule has 0 saturated heterocycles. The van der Waals surface area contributed by atoms with Crippen LogP contribution in [0.5, 0.6) is 5.75 Å². The first-order valence-corrected chi connectivity index (χ1v) is 7.60. The lowest BCUT2D eigenvalue weighted by atomic mass is 9.96. The average molecular weight is 313 g/mol. The monoisotopic (exact) mass is 313 g/mol. The van der Waals surface area contributed by atoms with Crippen LogP contribution in [0.15, 0.2) is 12.1 Å². The number of amides is 1. The topological polar surface area (TPSA) is 38.3 Å². The van der Waals surface area contributed by atoms with Gasteiger partial charge in [-0.3, -0.25) is 4.79 Å². The molecule has 1 heterocycles. The van der Waals surface area contributed by atoms with E-state index in [0.717, 1.165) is 18.9 Å². The molecule has 0 aromatic heterocycles. The lowest BCUT2D eigenvalue weighted by Crippen LogP contribution is -2.48. The molecule has 0 unspecified atom stereocenters. The lowest BCUT2D eigenvalue weighted by molar-refractivity contribution is -0.138. The van der Waals surface area contributed by atoms with Gasteiger partial charge in [-0.2, -0.15) is 13.2 Å². The summed E-state index contributed by atoms with van der Waals surface area (Å²) < 4.78 is 45.5. The van der Waals surface area contributed by atoms with Gasteiger partial charge in [0.25, 0.3) is 5.91 Å². The van der Waals surface area contributed by atoms with Crippen molar-refractivity contribution in [3.8, 4) is 5.75 Å². The molecule has 6 heteroatoms. The van der Waals surface area contributed by atoms with Crippen molar-refractivity contribution >= 4 is 11.6 Å². The summed E-state index contributed by atoms with van der Waals surface area (Å²) in [5.41, 5.74) is -1.11. The van der Waals surface area contributed by atoms with Gasteiger partial charge in [0.2, 0.25) is 0 Å². The highest BCUT2D eigenvalue weighted by molar-refractivity contribution is 6.01. The number of carbonyl (C=O) groups is 1. The zero-order chi connectivity index (χ0) is 16.0. The van der Waals surface area contributed by atoms with E-state index in [-0.39, 0.29) is 17.2 Å². The first-order valence-electron chi connectivity index (χ1n) is 7.60. The van der Waals surface area contributed by atoms with E-state index in [0.29, 0.717) is 31.4 Å². The third-order valence-corrected chi connectivity index (χ3v) is 4.41. The minimum atomic E-state index is -4.42. The third kappa shape index (κ3) is 2.44. The lowest BCUT2D eigenvalue weighted by Gasteiger charge is -2.35. The van der Waals surface area contributed by atoms with Gasteiger partial charge >= 0.3 is 6.18 Å². The van der Waals surface area contributed by atoms with Gasteiger partial charge in [0.1, 0.15) is 5.75 Å². The highest BCUT2D eigenvalue weighted by Crippen LogP contribution is 2.45. The number of benzene rings is 1. The molecule has 1 spiro atoms. The molecule has 1 fully saturated rings. The van der Waals surface area contributed by atoms with Crippen LogP contribution in [0, 0.1) is 0 Å². The summed E-state index contributed by atoms with van der Waals surface area (Å²) in [4.78, 5) is 12.3. The highest BCUT2D eigenvalue weighted by atomic mass is 19.4. The SMILES string of the molecule is CCCc1cc2c(cc1C(F)(F)F)OC1(CCCC1)C(=O)N2. The predicted molar refractivity (Wildman–Crippen MR) is 75.9 cm³/mol. The first kappa shape index (κ1) is 15.2. The van der Waals surface area contributed by atoms with E-state index in [1.165, 1.54) is 6.07 Å². The number of fused-ring (bicyclic) bond motifs is 1. The number of aryl methyl sites for hydroxylation is 1. The number of rotatable bonds is 2. The van der Waals surface area contributed by atoms with Gasteiger partial charge in [0.05, 0.1) is 11.3 Å². The minimum Gasteiger partial charge on any atom is -0.475 e. The maximum absolute atomic E-state index is 13.2. The molecule has 22 heavy (non-hydrogen) atoms. The Kier molecular flexibility index (Phi) is 3.57. The summed E-state index contributed by atoms with van der Waals surface area (Å²) in [5.74, 6) is -0.103. The Labute approximate surface area is 126 Å². The maximum atomic E-state index is 13.2. The molecule has 0 atom stereocenters. The molecule has 1 N–H and O–H groups in total. The van der Waals surface area contributed by atoms with Crippen LogP contribution in [-0.4, -0.2) is 11.5 Å². The third-order valence-electron chi connectivity index (χ3n) is 4.41. The molecule has 3 nitrogen and oxygen atoms in total. The van der Waals surface area contributed by atoms with Crippen LogP contribution in [-0.2, 0) is 17.4 Å². The van der Waals surface area contributed by atoms with Crippen LogP contribution < -0.4 is 10.1 Å². The van der Waals surface area contributed by atoms with E-state index in [1.54, 1.807) is 0 Å². The van der Waals surface area contributed by atoms with E-state index in [1.807, 2.05) is 6.92 Å². The summed E-state index contributed by atoms with van der Waals surface area (Å²) in [6.45, 7) is 1.82. The first-order chi connectivity index (χ1) is 10.4. The van der Waals surface area contributed by atoms with Gasteiger partial charge in [0.15, 0.2) is 5.60 Å². The van der Waals surface area contributed by atoms with Crippen molar-refractivity contribution in [3.05, 3.63) is 23.3 Å². The molecule has 1 saturated carbocycles. The fraction of sp³-hybridized carbons (Fsp3) is 0.562. The number of hydrogen-bond acceptors (Lipinski definition) is 2. The Bertz CT molecular complexity index is 604. The number of nitrogens with one attached hydrogen (secondary N) is 1. The van der Waals surface area contributed by atoms with E-state index in [2.05, 4.69) is 5.32 Å². The van der Waals surface area contributed by atoms with Gasteiger partial charge in [-0.15, -0.1) is 0 Å². The van der Waals surface area contributed by atoms with E-state index in [9.17, 15) is 18.0 Å². The van der Waals surface area contributed by atoms with Crippen molar-refractivity contribution in [2.24, 2.45) is 0 Å². The van der Waals surface area contributed by atoms with Crippen LogP contribution in [0.1, 0.15) is 50.2 Å². The number of alkyl halides is 3. The summed E-state index contributed by atoms with van der Waals surface area (Å²) in [6, 6.07) is 2.45. The maximum Gasteiger partial charge on any atom is 0.416 e. The van der Waals surface area contributed by atoms with Gasteiger partial charge in [-0.1, -0.05) is 13.3 Å². The van der Waals surface area contributed by atoms with Gasteiger partial charge < -0.3 is 10.1 Å². The van der Waals surface area contributed by atoms with Crippen LogP contribution in [0.25, 0.3) is 0 Å². The standard InChI is InChI=1S/C16H18F3NO2/c1-2-5-10-8-12-13(9-11(10)16(17,18)19)22-15(14(21)20-12)6-3-4-7-15/h8-9H,2-7H2,1H3,(H,20,21). The average Bonchev–Trinajstić information content (AvgIpc) is 2.89. The number of ether oxygens (including phenoxy) is 1. The minimum absolute atomic E-state index is 0.133. The Morgan fingerprint density at radius 1 is 1.27 bits per heavy atom. The number of carbonyl (C=O) groups excluding carboxylic acids is 1.